The molecule has 18 heteroatoms. The number of aryl methyl sites for hydroxylation is 2. The van der Waals surface area contributed by atoms with Gasteiger partial charge in [-0.1, -0.05) is 36.4 Å². The Morgan fingerprint density at radius 2 is 0.983 bits per heavy atom. The van der Waals surface area contributed by atoms with Crippen molar-refractivity contribution in [1.82, 2.24) is 29.9 Å². The number of ether oxygens (including phenoxy) is 4. The molecule has 4 aromatic heterocycles. The predicted molar refractivity (Wildman–Crippen MR) is 226 cm³/mol. The van der Waals surface area contributed by atoms with Crippen LogP contribution < -0.4 is 19.4 Å². The van der Waals surface area contributed by atoms with Gasteiger partial charge in [0.1, 0.15) is 11.5 Å². The third kappa shape index (κ3) is 12.9. The normalized spacial score (nSPS) is 16.6. The summed E-state index contributed by atoms with van der Waals surface area (Å²) in [5.74, 6) is 5.65. The molecule has 4 atom stereocenters. The van der Waals surface area contributed by atoms with Crippen LogP contribution in [0.25, 0.3) is 0 Å². The van der Waals surface area contributed by atoms with E-state index >= 15 is 0 Å². The number of rotatable bonds is 14. The Labute approximate surface area is 361 Å². The number of pyridine rings is 2. The van der Waals surface area contributed by atoms with Crippen LogP contribution in [0, 0.1) is 39.5 Å². The van der Waals surface area contributed by atoms with E-state index in [9.17, 15) is 8.42 Å². The maximum absolute atomic E-state index is 13.2. The zero-order valence-corrected chi connectivity index (χ0v) is 37.4. The summed E-state index contributed by atoms with van der Waals surface area (Å²) in [5.41, 5.74) is 5.40. The van der Waals surface area contributed by atoms with Gasteiger partial charge in [0.05, 0.1) is 84.5 Å². The molecule has 4 heterocycles. The monoisotopic (exact) mass is 850 g/mol. The Morgan fingerprint density at radius 1 is 0.603 bits per heavy atom. The van der Waals surface area contributed by atoms with Crippen molar-refractivity contribution in [2.75, 3.05) is 28.4 Å². The van der Waals surface area contributed by atoms with Crippen LogP contribution in [-0.2, 0) is 55.4 Å². The van der Waals surface area contributed by atoms with Gasteiger partial charge in [0.25, 0.3) is 0 Å². The summed E-state index contributed by atoms with van der Waals surface area (Å²) in [6.45, 7) is 7.82. The number of hydrogen-bond donors (Lipinski definition) is 0. The van der Waals surface area contributed by atoms with E-state index in [-0.39, 0.29) is 51.3 Å². The average molecular weight is 851 g/mol. The first-order valence-corrected chi connectivity index (χ1v) is 20.2. The smallest absolute Gasteiger partial charge is 0.501 e. The van der Waals surface area contributed by atoms with Crippen LogP contribution in [0.2, 0.25) is 0 Å². The van der Waals surface area contributed by atoms with Crippen LogP contribution in [0.4, 0.5) is 0 Å². The third-order valence-electron chi connectivity index (χ3n) is 9.54. The third-order valence-corrected chi connectivity index (χ3v) is 12.6. The van der Waals surface area contributed by atoms with Gasteiger partial charge in [0.15, 0.2) is 0 Å². The molecule has 0 radical (unpaired) electrons. The van der Waals surface area contributed by atoms with Crippen molar-refractivity contribution in [2.45, 2.75) is 64.9 Å². The van der Waals surface area contributed by atoms with Crippen molar-refractivity contribution in [1.29, 1.82) is 0 Å². The molecule has 4 unspecified atom stereocenters. The van der Waals surface area contributed by atoms with Gasteiger partial charge in [-0.25, -0.2) is 0 Å². The Hall–Kier alpha value is -4.17. The van der Waals surface area contributed by atoms with Crippen LogP contribution in [0.3, 0.4) is 0 Å². The second kappa shape index (κ2) is 24.7. The minimum atomic E-state index is -1.21. The summed E-state index contributed by atoms with van der Waals surface area (Å²) in [4.78, 5) is 27.8. The summed E-state index contributed by atoms with van der Waals surface area (Å²) in [6.07, 6.45) is 20.5. The second-order valence-electron chi connectivity index (χ2n) is 13.0. The van der Waals surface area contributed by atoms with Gasteiger partial charge in [0, 0.05) is 69.1 Å². The molecule has 2 aliphatic carbocycles. The van der Waals surface area contributed by atoms with E-state index < -0.39 is 21.6 Å². The van der Waals surface area contributed by atoms with Crippen molar-refractivity contribution >= 4 is 44.7 Å². The number of aromatic nitrogens is 6. The zero-order valence-electron chi connectivity index (χ0n) is 34.3. The van der Waals surface area contributed by atoms with Crippen molar-refractivity contribution < 1.29 is 43.8 Å². The fourth-order valence-electron chi connectivity index (χ4n) is 6.66. The fourth-order valence-corrected chi connectivity index (χ4v) is 9.59. The largest absolute Gasteiger partial charge is 2.00 e. The molecular formula is C40H54MgN6O9S2. The maximum Gasteiger partial charge on any atom is 2.00 e. The number of hydrogen-bond acceptors (Lipinski definition) is 10. The van der Waals surface area contributed by atoms with E-state index in [1.54, 1.807) is 65.6 Å². The molecule has 4 aromatic rings. The van der Waals surface area contributed by atoms with Gasteiger partial charge in [-0.05, 0) is 64.8 Å². The molecule has 312 valence electrons. The van der Waals surface area contributed by atoms with Gasteiger partial charge in [-0.2, -0.15) is 0 Å². The molecule has 6 N–H and O–H groups in total. The molecule has 0 spiro atoms. The standard InChI is InChI=1S/2C20H24N3O3S.Mg.3H2O/c2*1-13-11-23-17(14(2)20(13)26-4)12-27(24)18-6-5-16(25-3)9-15(18)10-19-21-7-8-22-19;;;;/h2*5-8,11,15H,9-10,12H2,1-4H3;;3*1H2/q2*-1;+2;;;. The summed E-state index contributed by atoms with van der Waals surface area (Å²) in [5, 5.41) is 0. The SMILES string of the molecule is COC1=CC=C(S(=O)Cc2ncc(C)c(OC)c2C)C(Cc2ncc[n-]2)C1.COC1=CC=C(S(=O)Cc2ncc(C)c(OC)c2C)C(Cc2ncc[n-]2)C1.O.O.O.[Mg+2]. The zero-order chi connectivity index (χ0) is 38.8. The molecular weight excluding hydrogens is 797 g/mol. The minimum Gasteiger partial charge on any atom is -0.501 e. The Balaban J connectivity index is 0.000000543. The summed E-state index contributed by atoms with van der Waals surface area (Å²) < 4.78 is 48.1. The number of methoxy groups -OCH3 is 4. The van der Waals surface area contributed by atoms with Crippen molar-refractivity contribution in [3.05, 3.63) is 128 Å². The number of allylic oxidation sites excluding steroid dienone is 8. The topological polar surface area (TPSA) is 245 Å². The second-order valence-corrected chi connectivity index (χ2v) is 15.9. The summed E-state index contributed by atoms with van der Waals surface area (Å²) >= 11 is 0. The molecule has 0 aromatic carbocycles. The summed E-state index contributed by atoms with van der Waals surface area (Å²) in [6, 6.07) is 0. The molecule has 15 nitrogen and oxygen atoms in total. The summed E-state index contributed by atoms with van der Waals surface area (Å²) in [7, 11) is 4.19. The average Bonchev–Trinajstić information content (AvgIpc) is 3.89. The number of nitrogens with zero attached hydrogens (tertiary/aromatic N) is 6. The fraction of sp³-hybridized carbons (Fsp3) is 0.400. The molecule has 0 saturated carbocycles. The molecule has 0 fully saturated rings. The molecule has 2 aliphatic rings. The maximum atomic E-state index is 13.2. The Bertz CT molecular complexity index is 1940. The first-order chi connectivity index (χ1) is 26.1. The van der Waals surface area contributed by atoms with Gasteiger partial charge < -0.3 is 55.3 Å². The van der Waals surface area contributed by atoms with Gasteiger partial charge in [-0.15, -0.1) is 0 Å². The molecule has 0 amide bonds. The Kier molecular flexibility index (Phi) is 22.1. The molecule has 0 saturated heterocycles. The first-order valence-electron chi connectivity index (χ1n) is 17.6. The van der Waals surface area contributed by atoms with Gasteiger partial charge >= 0.3 is 23.1 Å². The van der Waals surface area contributed by atoms with Crippen LogP contribution in [0.5, 0.6) is 11.5 Å². The first kappa shape index (κ1) is 51.8. The quantitative estimate of drug-likeness (QED) is 0.166. The van der Waals surface area contributed by atoms with Crippen LogP contribution in [0.15, 0.2) is 82.8 Å². The van der Waals surface area contributed by atoms with Gasteiger partial charge in [-0.3, -0.25) is 18.4 Å². The van der Waals surface area contributed by atoms with E-state index in [1.165, 1.54) is 0 Å². The van der Waals surface area contributed by atoms with E-state index in [1.807, 2.05) is 52.0 Å². The van der Waals surface area contributed by atoms with Crippen molar-refractivity contribution in [2.24, 2.45) is 11.8 Å². The van der Waals surface area contributed by atoms with Crippen LogP contribution >= 0.6 is 0 Å². The van der Waals surface area contributed by atoms with E-state index in [2.05, 4.69) is 29.9 Å². The molecule has 6 rings (SSSR count). The van der Waals surface area contributed by atoms with Crippen molar-refractivity contribution in [3.8, 4) is 11.5 Å². The van der Waals surface area contributed by atoms with E-state index in [4.69, 9.17) is 18.9 Å². The van der Waals surface area contributed by atoms with E-state index in [0.29, 0.717) is 37.2 Å². The van der Waals surface area contributed by atoms with Crippen LogP contribution in [0.1, 0.15) is 58.1 Å². The van der Waals surface area contributed by atoms with Crippen LogP contribution in [-0.4, -0.2) is 96.3 Å². The number of imidazole rings is 2. The molecule has 0 aliphatic heterocycles. The Morgan fingerprint density at radius 3 is 1.29 bits per heavy atom. The predicted octanol–water partition coefficient (Wildman–Crippen LogP) is 3.11. The molecule has 0 bridgehead atoms. The molecule has 58 heavy (non-hydrogen) atoms. The van der Waals surface area contributed by atoms with Crippen molar-refractivity contribution in [3.63, 3.8) is 0 Å². The van der Waals surface area contributed by atoms with Gasteiger partial charge in [0.2, 0.25) is 0 Å². The minimum absolute atomic E-state index is 0. The van der Waals surface area contributed by atoms with E-state index in [0.717, 1.165) is 78.1 Å².